The Morgan fingerprint density at radius 2 is 1.64 bits per heavy atom. The molecule has 3 aromatic rings. The summed E-state index contributed by atoms with van der Waals surface area (Å²) in [6, 6.07) is 18.9. The van der Waals surface area contributed by atoms with Crippen LogP contribution in [0, 0.1) is 0 Å². The molecule has 0 fully saturated rings. The van der Waals surface area contributed by atoms with Gasteiger partial charge in [0.05, 0.1) is 16.7 Å². The molecule has 0 amide bonds. The maximum Gasteiger partial charge on any atom is 0.166 e. The van der Waals surface area contributed by atoms with E-state index in [1.807, 2.05) is 55.5 Å². The van der Waals surface area contributed by atoms with Crippen LogP contribution < -0.4 is 14.8 Å². The molecule has 0 aromatic heterocycles. The molecule has 0 atom stereocenters. The number of hydrogen-bond donors (Lipinski definition) is 1. The number of anilines is 1. The van der Waals surface area contributed by atoms with E-state index in [0.717, 1.165) is 16.8 Å². The molecule has 0 saturated heterocycles. The third-order valence-electron chi connectivity index (χ3n) is 4.06. The Balaban J connectivity index is 1.78. The van der Waals surface area contributed by atoms with Crippen LogP contribution in [0.25, 0.3) is 0 Å². The molecule has 0 aliphatic rings. The molecule has 3 rings (SSSR count). The van der Waals surface area contributed by atoms with Crippen LogP contribution in [0.15, 0.2) is 60.7 Å². The van der Waals surface area contributed by atoms with Crippen molar-refractivity contribution in [1.29, 1.82) is 0 Å². The molecule has 0 radical (unpaired) electrons. The van der Waals surface area contributed by atoms with Gasteiger partial charge >= 0.3 is 0 Å². The number of hydrogen-bond acceptors (Lipinski definition) is 3. The minimum absolute atomic E-state index is 0.418. The summed E-state index contributed by atoms with van der Waals surface area (Å²) >= 11 is 18.0. The molecular weight excluding hydrogens is 417 g/mol. The molecule has 1 N–H and O–H groups in total. The molecule has 3 nitrogen and oxygen atoms in total. The smallest absolute Gasteiger partial charge is 0.166 e. The Kier molecular flexibility index (Phi) is 7.32. The van der Waals surface area contributed by atoms with E-state index in [1.165, 1.54) is 0 Å². The number of ether oxygens (including phenoxy) is 2. The van der Waals surface area contributed by atoms with Crippen LogP contribution in [0.3, 0.4) is 0 Å². The van der Waals surface area contributed by atoms with Crippen LogP contribution in [-0.2, 0) is 13.2 Å². The second-order valence-electron chi connectivity index (χ2n) is 6.07. The maximum absolute atomic E-state index is 6.12. The van der Waals surface area contributed by atoms with E-state index in [1.54, 1.807) is 12.1 Å². The Hall–Kier alpha value is -2.07. The van der Waals surface area contributed by atoms with Crippen molar-refractivity contribution in [3.8, 4) is 11.5 Å². The summed E-state index contributed by atoms with van der Waals surface area (Å²) in [4.78, 5) is 0. The van der Waals surface area contributed by atoms with Gasteiger partial charge in [-0.05, 0) is 48.9 Å². The highest BCUT2D eigenvalue weighted by molar-refractivity contribution is 6.42. The molecule has 3 aromatic carbocycles. The summed E-state index contributed by atoms with van der Waals surface area (Å²) in [5, 5.41) is 5.08. The Labute approximate surface area is 180 Å². The molecule has 0 bridgehead atoms. The molecule has 28 heavy (non-hydrogen) atoms. The lowest BCUT2D eigenvalue weighted by molar-refractivity contribution is 0.267. The van der Waals surface area contributed by atoms with E-state index in [9.17, 15) is 0 Å². The number of rotatable bonds is 8. The molecule has 0 unspecified atom stereocenters. The predicted octanol–water partition coefficient (Wildman–Crippen LogP) is 7.24. The van der Waals surface area contributed by atoms with Gasteiger partial charge in [-0.15, -0.1) is 0 Å². The van der Waals surface area contributed by atoms with E-state index in [2.05, 4.69) is 5.32 Å². The molecule has 0 heterocycles. The zero-order valence-electron chi connectivity index (χ0n) is 15.3. The first-order valence-corrected chi connectivity index (χ1v) is 10.0. The average Bonchev–Trinajstić information content (AvgIpc) is 2.69. The fourth-order valence-electron chi connectivity index (χ4n) is 2.67. The summed E-state index contributed by atoms with van der Waals surface area (Å²) in [6.07, 6.45) is 0. The van der Waals surface area contributed by atoms with Gasteiger partial charge in [0.25, 0.3) is 0 Å². The third kappa shape index (κ3) is 5.48. The number of nitrogens with one attached hydrogen (secondary N) is 1. The Morgan fingerprint density at radius 1 is 0.857 bits per heavy atom. The van der Waals surface area contributed by atoms with Crippen molar-refractivity contribution in [2.45, 2.75) is 20.1 Å². The largest absolute Gasteiger partial charge is 0.490 e. The first kappa shape index (κ1) is 20.7. The zero-order chi connectivity index (χ0) is 19.9. The zero-order valence-corrected chi connectivity index (χ0v) is 17.6. The van der Waals surface area contributed by atoms with Gasteiger partial charge in [0, 0.05) is 22.8 Å². The standard InChI is InChI=1S/C22H20Cl3NO2/c1-2-27-21-5-3-4-16(13-26-18-10-11-19(24)20(25)12-18)22(21)28-14-15-6-8-17(23)9-7-15/h3-12,26H,2,13-14H2,1H3. The third-order valence-corrected chi connectivity index (χ3v) is 5.05. The molecule has 0 saturated carbocycles. The van der Waals surface area contributed by atoms with Gasteiger partial charge in [-0.2, -0.15) is 0 Å². The summed E-state index contributed by atoms with van der Waals surface area (Å²) in [5.74, 6) is 1.43. The monoisotopic (exact) mass is 435 g/mol. The van der Waals surface area contributed by atoms with Crippen molar-refractivity contribution >= 4 is 40.5 Å². The topological polar surface area (TPSA) is 30.5 Å². The predicted molar refractivity (Wildman–Crippen MR) is 117 cm³/mol. The normalized spacial score (nSPS) is 10.6. The van der Waals surface area contributed by atoms with Gasteiger partial charge in [0.1, 0.15) is 6.61 Å². The van der Waals surface area contributed by atoms with Crippen molar-refractivity contribution in [2.75, 3.05) is 11.9 Å². The van der Waals surface area contributed by atoms with E-state index < -0.39 is 0 Å². The molecule has 6 heteroatoms. The van der Waals surface area contributed by atoms with Crippen LogP contribution in [-0.4, -0.2) is 6.61 Å². The lowest BCUT2D eigenvalue weighted by Gasteiger charge is -2.17. The van der Waals surface area contributed by atoms with Gasteiger partial charge in [0.2, 0.25) is 0 Å². The van der Waals surface area contributed by atoms with Gasteiger partial charge in [-0.1, -0.05) is 59.1 Å². The quantitative estimate of drug-likeness (QED) is 0.404. The molecule has 0 aliphatic heterocycles. The highest BCUT2D eigenvalue weighted by Crippen LogP contribution is 2.33. The van der Waals surface area contributed by atoms with Gasteiger partial charge < -0.3 is 14.8 Å². The first-order valence-electron chi connectivity index (χ1n) is 8.87. The minimum atomic E-state index is 0.418. The van der Waals surface area contributed by atoms with Crippen LogP contribution in [0.5, 0.6) is 11.5 Å². The second-order valence-corrected chi connectivity index (χ2v) is 7.33. The average molecular weight is 437 g/mol. The summed E-state index contributed by atoms with van der Waals surface area (Å²) in [7, 11) is 0. The fraction of sp³-hybridized carbons (Fsp3) is 0.182. The fourth-order valence-corrected chi connectivity index (χ4v) is 3.10. The first-order chi connectivity index (χ1) is 13.6. The Morgan fingerprint density at radius 3 is 2.36 bits per heavy atom. The van der Waals surface area contributed by atoms with Crippen molar-refractivity contribution in [3.05, 3.63) is 86.9 Å². The summed E-state index contributed by atoms with van der Waals surface area (Å²) < 4.78 is 11.9. The second kappa shape index (κ2) is 9.92. The molecule has 0 spiro atoms. The minimum Gasteiger partial charge on any atom is -0.490 e. The lowest BCUT2D eigenvalue weighted by Crippen LogP contribution is -2.06. The lowest BCUT2D eigenvalue weighted by atomic mass is 10.1. The van der Waals surface area contributed by atoms with Crippen LogP contribution in [0.2, 0.25) is 15.1 Å². The van der Waals surface area contributed by atoms with Gasteiger partial charge in [0.15, 0.2) is 11.5 Å². The van der Waals surface area contributed by atoms with Crippen molar-refractivity contribution in [2.24, 2.45) is 0 Å². The highest BCUT2D eigenvalue weighted by Gasteiger charge is 2.12. The highest BCUT2D eigenvalue weighted by atomic mass is 35.5. The number of halogens is 3. The Bertz CT molecular complexity index is 930. The maximum atomic E-state index is 6.12. The van der Waals surface area contributed by atoms with E-state index in [-0.39, 0.29) is 0 Å². The van der Waals surface area contributed by atoms with Crippen molar-refractivity contribution in [3.63, 3.8) is 0 Å². The van der Waals surface area contributed by atoms with Crippen molar-refractivity contribution in [1.82, 2.24) is 0 Å². The summed E-state index contributed by atoms with van der Waals surface area (Å²) in [5.41, 5.74) is 2.88. The molecular formula is C22H20Cl3NO2. The van der Waals surface area contributed by atoms with Crippen LogP contribution >= 0.6 is 34.8 Å². The van der Waals surface area contributed by atoms with E-state index in [4.69, 9.17) is 44.3 Å². The summed E-state index contributed by atoms with van der Waals surface area (Å²) in [6.45, 7) is 3.47. The van der Waals surface area contributed by atoms with Gasteiger partial charge in [-0.3, -0.25) is 0 Å². The van der Waals surface area contributed by atoms with Gasteiger partial charge in [-0.25, -0.2) is 0 Å². The number of benzene rings is 3. The van der Waals surface area contributed by atoms with Crippen LogP contribution in [0.4, 0.5) is 5.69 Å². The number of para-hydroxylation sites is 1. The van der Waals surface area contributed by atoms with Crippen LogP contribution in [0.1, 0.15) is 18.1 Å². The van der Waals surface area contributed by atoms with E-state index in [0.29, 0.717) is 46.3 Å². The SMILES string of the molecule is CCOc1cccc(CNc2ccc(Cl)c(Cl)c2)c1OCc1ccc(Cl)cc1. The van der Waals surface area contributed by atoms with Crippen molar-refractivity contribution < 1.29 is 9.47 Å². The molecule has 146 valence electrons. The van der Waals surface area contributed by atoms with E-state index >= 15 is 0 Å². The molecule has 0 aliphatic carbocycles.